The van der Waals surface area contributed by atoms with Gasteiger partial charge in [0.2, 0.25) is 0 Å². The largest absolute Gasteiger partial charge is 0.472 e. The van der Waals surface area contributed by atoms with E-state index in [1.807, 2.05) is 0 Å². The van der Waals surface area contributed by atoms with Crippen molar-refractivity contribution in [1.29, 1.82) is 0 Å². The lowest BCUT2D eigenvalue weighted by molar-refractivity contribution is -0.161. The number of hydrogen-bond acceptors (Lipinski definition) is 15. The Morgan fingerprint density at radius 1 is 0.296 bits per heavy atom. The standard InChI is InChI=1S/C79H154O17P2/c1-7-10-12-14-15-16-17-18-19-20-21-22-23-30-35-40-45-51-57-64-79(84)96-75(68-90-77(82)62-56-50-44-39-34-29-25-24-28-33-38-43-49-54-60-72(6)9-3)70-94-98(87,88)92-66-73(80)65-91-97(85,86)93-69-74(67-89-76(81)61-55-47-13-11-8-2)95-78(83)63-58-52-46-41-36-31-26-27-32-37-42-48-53-59-71(4)5/h71-75,80H,7-70H2,1-6H3,(H,85,86)(H,87,88)/t72?,73-,74+,75+/m0/s1. The summed E-state index contributed by atoms with van der Waals surface area (Å²) in [7, 11) is -9.91. The first-order valence-electron chi connectivity index (χ1n) is 41.0. The number of carbonyl (C=O) groups is 4. The van der Waals surface area contributed by atoms with Gasteiger partial charge in [0.1, 0.15) is 19.3 Å². The maximum absolute atomic E-state index is 13.1. The van der Waals surface area contributed by atoms with Crippen molar-refractivity contribution < 1.29 is 80.2 Å². The second-order valence-corrected chi connectivity index (χ2v) is 32.1. The van der Waals surface area contributed by atoms with Crippen LogP contribution in [-0.2, 0) is 65.4 Å². The van der Waals surface area contributed by atoms with Gasteiger partial charge >= 0.3 is 39.5 Å². The zero-order valence-electron chi connectivity index (χ0n) is 64.1. The van der Waals surface area contributed by atoms with Crippen molar-refractivity contribution in [2.45, 2.75) is 432 Å². The van der Waals surface area contributed by atoms with E-state index in [2.05, 4.69) is 41.5 Å². The topological polar surface area (TPSA) is 237 Å². The average molecular weight is 1440 g/mol. The number of esters is 4. The Bertz CT molecular complexity index is 1890. The molecule has 0 rings (SSSR count). The number of carbonyl (C=O) groups excluding carboxylic acids is 4. The summed E-state index contributed by atoms with van der Waals surface area (Å²) in [5.74, 6) is -0.485. The van der Waals surface area contributed by atoms with E-state index in [-0.39, 0.29) is 25.7 Å². The molecule has 582 valence electrons. The third kappa shape index (κ3) is 71.1. The predicted molar refractivity (Wildman–Crippen MR) is 400 cm³/mol. The van der Waals surface area contributed by atoms with E-state index >= 15 is 0 Å². The van der Waals surface area contributed by atoms with E-state index in [0.29, 0.717) is 25.7 Å². The molecule has 0 aliphatic heterocycles. The van der Waals surface area contributed by atoms with Crippen molar-refractivity contribution >= 4 is 39.5 Å². The number of aliphatic hydroxyl groups is 1. The molecule has 0 aromatic rings. The molecule has 0 radical (unpaired) electrons. The molecule has 0 aromatic heterocycles. The molecule has 17 nitrogen and oxygen atoms in total. The fourth-order valence-electron chi connectivity index (χ4n) is 12.2. The van der Waals surface area contributed by atoms with Gasteiger partial charge in [-0.1, -0.05) is 363 Å². The Morgan fingerprint density at radius 2 is 0.520 bits per heavy atom. The average Bonchev–Trinajstić information content (AvgIpc) is 1.20. The third-order valence-corrected chi connectivity index (χ3v) is 20.7. The van der Waals surface area contributed by atoms with E-state index in [1.165, 1.54) is 225 Å². The van der Waals surface area contributed by atoms with Gasteiger partial charge in [0.05, 0.1) is 26.4 Å². The number of phosphoric acid groups is 2. The summed E-state index contributed by atoms with van der Waals surface area (Å²) in [5.41, 5.74) is 0. The van der Waals surface area contributed by atoms with Crippen molar-refractivity contribution in [2.24, 2.45) is 11.8 Å². The number of hydrogen-bond donors (Lipinski definition) is 3. The second kappa shape index (κ2) is 70.7. The minimum atomic E-state index is -4.96. The van der Waals surface area contributed by atoms with Crippen LogP contribution in [0.25, 0.3) is 0 Å². The van der Waals surface area contributed by atoms with E-state index in [0.717, 1.165) is 108 Å². The van der Waals surface area contributed by atoms with Crippen molar-refractivity contribution in [1.82, 2.24) is 0 Å². The minimum absolute atomic E-state index is 0.106. The Balaban J connectivity index is 5.13. The van der Waals surface area contributed by atoms with E-state index in [9.17, 15) is 43.2 Å². The molecule has 0 aliphatic rings. The van der Waals surface area contributed by atoms with E-state index in [1.54, 1.807) is 0 Å². The maximum atomic E-state index is 13.1. The lowest BCUT2D eigenvalue weighted by atomic mass is 9.99. The third-order valence-electron chi connectivity index (χ3n) is 18.8. The SMILES string of the molecule is CCCCCCCCCCCCCCCCCCCCCC(=O)O[C@H](COC(=O)CCCCCCCCCCCCCCCCC(C)CC)COP(=O)(O)OC[C@@H](O)COP(=O)(O)OC[C@@H](COC(=O)CCCCCCC)OC(=O)CCCCCCCCCCCCCCCC(C)C. The molecule has 3 N–H and O–H groups in total. The molecule has 98 heavy (non-hydrogen) atoms. The van der Waals surface area contributed by atoms with Gasteiger partial charge in [0.15, 0.2) is 12.2 Å². The Hall–Kier alpha value is -1.94. The molecule has 0 heterocycles. The molecule has 3 unspecified atom stereocenters. The maximum Gasteiger partial charge on any atom is 0.472 e. The summed E-state index contributed by atoms with van der Waals surface area (Å²) >= 11 is 0. The van der Waals surface area contributed by atoms with Gasteiger partial charge in [0, 0.05) is 25.7 Å². The van der Waals surface area contributed by atoms with Gasteiger partial charge in [-0.05, 0) is 37.5 Å². The zero-order chi connectivity index (χ0) is 72.1. The highest BCUT2D eigenvalue weighted by Gasteiger charge is 2.30. The van der Waals surface area contributed by atoms with Crippen molar-refractivity contribution in [3.05, 3.63) is 0 Å². The molecule has 6 atom stereocenters. The quantitative estimate of drug-likeness (QED) is 0.0222. The normalized spacial score (nSPS) is 14.2. The number of aliphatic hydroxyl groups excluding tert-OH is 1. The fourth-order valence-corrected chi connectivity index (χ4v) is 13.7. The highest BCUT2D eigenvalue weighted by molar-refractivity contribution is 7.47. The van der Waals surface area contributed by atoms with Gasteiger partial charge in [-0.25, -0.2) is 9.13 Å². The van der Waals surface area contributed by atoms with Crippen LogP contribution in [0, 0.1) is 11.8 Å². The van der Waals surface area contributed by atoms with Gasteiger partial charge in [-0.3, -0.25) is 37.3 Å². The molecule has 0 amide bonds. The smallest absolute Gasteiger partial charge is 0.462 e. The number of rotatable bonds is 78. The van der Waals surface area contributed by atoms with E-state index < -0.39 is 97.5 Å². The number of unbranched alkanes of at least 4 members (excludes halogenated alkanes) is 47. The highest BCUT2D eigenvalue weighted by atomic mass is 31.2. The molecule has 0 bridgehead atoms. The lowest BCUT2D eigenvalue weighted by Gasteiger charge is -2.21. The van der Waals surface area contributed by atoms with Crippen LogP contribution in [-0.4, -0.2) is 96.7 Å². The van der Waals surface area contributed by atoms with Gasteiger partial charge in [0.25, 0.3) is 0 Å². The van der Waals surface area contributed by atoms with Crippen LogP contribution in [0.1, 0.15) is 414 Å². The summed E-state index contributed by atoms with van der Waals surface area (Å²) in [6.45, 7) is 9.60. The highest BCUT2D eigenvalue weighted by Crippen LogP contribution is 2.45. The molecular formula is C79H154O17P2. The monoisotopic (exact) mass is 1440 g/mol. The molecule has 0 fully saturated rings. The lowest BCUT2D eigenvalue weighted by Crippen LogP contribution is -2.30. The van der Waals surface area contributed by atoms with Crippen molar-refractivity contribution in [2.75, 3.05) is 39.6 Å². The molecule has 0 spiro atoms. The molecule has 19 heteroatoms. The summed E-state index contributed by atoms with van der Waals surface area (Å²) in [6, 6.07) is 0. The first kappa shape index (κ1) is 96.1. The fraction of sp³-hybridized carbons (Fsp3) is 0.949. The number of phosphoric ester groups is 2. The summed E-state index contributed by atoms with van der Waals surface area (Å²) in [4.78, 5) is 72.7. The molecule has 0 saturated heterocycles. The van der Waals surface area contributed by atoms with Gasteiger partial charge in [-0.15, -0.1) is 0 Å². The molecular weight excluding hydrogens is 1280 g/mol. The molecule has 0 aromatic carbocycles. The summed E-state index contributed by atoms with van der Waals surface area (Å²) in [5, 5.41) is 10.6. The Morgan fingerprint density at radius 3 is 0.776 bits per heavy atom. The minimum Gasteiger partial charge on any atom is -0.462 e. The molecule has 0 saturated carbocycles. The zero-order valence-corrected chi connectivity index (χ0v) is 65.9. The van der Waals surface area contributed by atoms with Gasteiger partial charge < -0.3 is 33.8 Å². The molecule has 0 aliphatic carbocycles. The van der Waals surface area contributed by atoms with Crippen LogP contribution in [0.4, 0.5) is 0 Å². The Labute approximate surface area is 600 Å². The van der Waals surface area contributed by atoms with Crippen molar-refractivity contribution in [3.8, 4) is 0 Å². The van der Waals surface area contributed by atoms with Crippen LogP contribution in [0.15, 0.2) is 0 Å². The predicted octanol–water partition coefficient (Wildman–Crippen LogP) is 23.5. The van der Waals surface area contributed by atoms with E-state index in [4.69, 9.17) is 37.0 Å². The summed E-state index contributed by atoms with van der Waals surface area (Å²) < 4.78 is 68.4. The van der Waals surface area contributed by atoms with Crippen LogP contribution in [0.3, 0.4) is 0 Å². The van der Waals surface area contributed by atoms with Crippen molar-refractivity contribution in [3.63, 3.8) is 0 Å². The van der Waals surface area contributed by atoms with Crippen LogP contribution in [0.5, 0.6) is 0 Å². The summed E-state index contributed by atoms with van der Waals surface area (Å²) in [6.07, 6.45) is 60.0. The van der Waals surface area contributed by atoms with Crippen LogP contribution >= 0.6 is 15.6 Å². The van der Waals surface area contributed by atoms with Gasteiger partial charge in [-0.2, -0.15) is 0 Å². The Kier molecular flexibility index (Phi) is 69.3. The first-order valence-corrected chi connectivity index (χ1v) is 44.0. The second-order valence-electron chi connectivity index (χ2n) is 29.2. The van der Waals surface area contributed by atoms with Crippen LogP contribution in [0.2, 0.25) is 0 Å². The first-order chi connectivity index (χ1) is 47.4. The number of ether oxygens (including phenoxy) is 4. The van der Waals surface area contributed by atoms with Crippen LogP contribution < -0.4 is 0 Å².